The molecule has 0 nitrogen and oxygen atoms in total. The molecule has 0 aliphatic carbocycles. The molecule has 7 aromatic rings. The van der Waals surface area contributed by atoms with Gasteiger partial charge in [0, 0.05) is 0 Å². The van der Waals surface area contributed by atoms with E-state index in [-0.39, 0.29) is 10.9 Å². The molecule has 0 aliphatic heterocycles. The fourth-order valence-electron chi connectivity index (χ4n) is 6.55. The van der Waals surface area contributed by atoms with Gasteiger partial charge in [0.1, 0.15) is 6.15 Å². The molecule has 0 saturated carbocycles. The first-order chi connectivity index (χ1) is 23.1. The Balaban J connectivity index is 0.000000166. The van der Waals surface area contributed by atoms with Crippen molar-refractivity contribution in [1.82, 2.24) is 0 Å². The molecule has 2 heteroatoms. The third-order valence-electron chi connectivity index (χ3n) is 8.97. The van der Waals surface area contributed by atoms with Gasteiger partial charge in [-0.05, 0) is 57.2 Å². The van der Waals surface area contributed by atoms with Crippen LogP contribution in [-0.2, 0) is 10.9 Å². The van der Waals surface area contributed by atoms with E-state index in [1.54, 1.807) is 0 Å². The molecule has 0 unspecified atom stereocenters. The van der Waals surface area contributed by atoms with Gasteiger partial charge in [0.2, 0.25) is 0 Å². The molecule has 0 saturated heterocycles. The molecule has 0 fully saturated rings. The molecule has 0 atom stereocenters. The van der Waals surface area contributed by atoms with E-state index in [2.05, 4.69) is 215 Å². The maximum Gasteiger partial charge on any atom is 0.166 e. The highest BCUT2D eigenvalue weighted by molar-refractivity contribution is 7.97. The van der Waals surface area contributed by atoms with Gasteiger partial charge in [-0.1, -0.05) is 174 Å². The molecule has 7 rings (SSSR count). The fraction of sp³-hybridized carbons (Fsp3) is 0.0667. The first kappa shape index (κ1) is 31.9. The lowest BCUT2D eigenvalue weighted by molar-refractivity contribution is 1.28. The third kappa shape index (κ3) is 7.19. The van der Waals surface area contributed by atoms with Crippen molar-refractivity contribution < 1.29 is 0 Å². The van der Waals surface area contributed by atoms with Crippen molar-refractivity contribution in [3.63, 3.8) is 0 Å². The van der Waals surface area contributed by atoms with Crippen LogP contribution in [0.2, 0.25) is 0 Å². The second-order valence-electron chi connectivity index (χ2n) is 12.3. The molecule has 0 aliphatic rings. The Morgan fingerprint density at radius 3 is 0.702 bits per heavy atom. The monoisotopic (exact) mass is 624 g/mol. The summed E-state index contributed by atoms with van der Waals surface area (Å²) in [6, 6.07) is 70.3. The summed E-state index contributed by atoms with van der Waals surface area (Å²) in [4.78, 5) is 4.12. The van der Waals surface area contributed by atoms with Gasteiger partial charge in [-0.15, -0.1) is 0 Å². The number of aryl methyl sites for hydroxylation is 3. The molecule has 0 aromatic heterocycles. The van der Waals surface area contributed by atoms with Crippen molar-refractivity contribution in [2.24, 2.45) is 0 Å². The maximum atomic E-state index is 2.26. The van der Waals surface area contributed by atoms with Crippen LogP contribution < -0.4 is 21.9 Å². The minimum Gasteiger partial charge on any atom is -0.195 e. The first-order valence-corrected chi connectivity index (χ1v) is 17.6. The van der Waals surface area contributed by atoms with Crippen LogP contribution in [0.5, 0.6) is 0 Å². The summed E-state index contributed by atoms with van der Waals surface area (Å²) in [5, 5.41) is 0. The van der Waals surface area contributed by atoms with Crippen LogP contribution in [0.15, 0.2) is 209 Å². The molecular formula is C45H41BS. The molecule has 47 heavy (non-hydrogen) atoms. The smallest absolute Gasteiger partial charge is 0.166 e. The summed E-state index contributed by atoms with van der Waals surface area (Å²) in [7, 11) is -0.0394. The number of hydrogen-bond acceptors (Lipinski definition) is 0. The molecule has 0 amide bonds. The van der Waals surface area contributed by atoms with Gasteiger partial charge in [0.15, 0.2) is 14.7 Å². The summed E-state index contributed by atoms with van der Waals surface area (Å²) >= 11 is 0. The molecule has 0 heterocycles. The standard InChI is InChI=1S/C24H20B.C21H21S/c1-5-13-21(14-6-1)25(22-15-7-2-8-16-22,23-17-9-3-10-18-23)24-19-11-4-12-20-24;1-16-4-10-19(11-5-16)22(20-12-6-17(2)7-13-20)21-14-8-18(3)9-15-21/h1-20H;4-15H,1-3H3/q-1;+1. The van der Waals surface area contributed by atoms with Crippen LogP contribution in [0.1, 0.15) is 16.7 Å². The van der Waals surface area contributed by atoms with E-state index < -0.39 is 6.15 Å². The van der Waals surface area contributed by atoms with Crippen molar-refractivity contribution in [3.8, 4) is 0 Å². The summed E-state index contributed by atoms with van der Waals surface area (Å²) in [5.41, 5.74) is 9.27. The van der Waals surface area contributed by atoms with Crippen LogP contribution in [-0.4, -0.2) is 6.15 Å². The Morgan fingerprint density at radius 2 is 0.489 bits per heavy atom. The van der Waals surface area contributed by atoms with E-state index in [0.717, 1.165) is 0 Å². The van der Waals surface area contributed by atoms with Crippen LogP contribution in [0, 0.1) is 20.8 Å². The van der Waals surface area contributed by atoms with Crippen molar-refractivity contribution in [1.29, 1.82) is 0 Å². The van der Waals surface area contributed by atoms with Gasteiger partial charge < -0.3 is 0 Å². The zero-order valence-corrected chi connectivity index (χ0v) is 28.3. The largest absolute Gasteiger partial charge is 0.195 e. The maximum absolute atomic E-state index is 2.26. The molecule has 0 bridgehead atoms. The normalized spacial score (nSPS) is 11.1. The molecule has 0 N–H and O–H groups in total. The highest BCUT2D eigenvalue weighted by Crippen LogP contribution is 2.31. The van der Waals surface area contributed by atoms with E-state index in [0.29, 0.717) is 0 Å². The van der Waals surface area contributed by atoms with E-state index >= 15 is 0 Å². The lowest BCUT2D eigenvalue weighted by Crippen LogP contribution is -2.74. The number of hydrogen-bond donors (Lipinski definition) is 0. The quantitative estimate of drug-likeness (QED) is 0.123. The highest BCUT2D eigenvalue weighted by Gasteiger charge is 2.31. The van der Waals surface area contributed by atoms with E-state index in [9.17, 15) is 0 Å². The van der Waals surface area contributed by atoms with Gasteiger partial charge in [-0.3, -0.25) is 0 Å². The lowest BCUT2D eigenvalue weighted by Gasteiger charge is -2.44. The second-order valence-corrected chi connectivity index (χ2v) is 14.3. The average Bonchev–Trinajstić information content (AvgIpc) is 3.13. The summed E-state index contributed by atoms with van der Waals surface area (Å²) in [6.07, 6.45) is -1.22. The summed E-state index contributed by atoms with van der Waals surface area (Å²) < 4.78 is 0. The zero-order valence-electron chi connectivity index (χ0n) is 27.5. The summed E-state index contributed by atoms with van der Waals surface area (Å²) in [6.45, 7) is 6.42. The van der Waals surface area contributed by atoms with Crippen LogP contribution in [0.3, 0.4) is 0 Å². The number of benzene rings is 7. The topological polar surface area (TPSA) is 0 Å². The SMILES string of the molecule is Cc1ccc([S+](c2ccc(C)cc2)c2ccc(C)cc2)cc1.c1ccc([B-](c2ccccc2)(c2ccccc2)c2ccccc2)cc1. The third-order valence-corrected chi connectivity index (χ3v) is 11.2. The predicted octanol–water partition coefficient (Wildman–Crippen LogP) is 8.77. The zero-order chi connectivity index (χ0) is 32.5. The van der Waals surface area contributed by atoms with Gasteiger partial charge in [-0.25, -0.2) is 0 Å². The van der Waals surface area contributed by atoms with E-state index in [1.807, 2.05) is 0 Å². The lowest BCUT2D eigenvalue weighted by atomic mass is 9.13. The molecular weight excluding hydrogens is 583 g/mol. The van der Waals surface area contributed by atoms with Crippen molar-refractivity contribution in [3.05, 3.63) is 211 Å². The predicted molar refractivity (Wildman–Crippen MR) is 206 cm³/mol. The molecule has 0 radical (unpaired) electrons. The minimum atomic E-state index is -1.22. The van der Waals surface area contributed by atoms with Gasteiger partial charge in [0.05, 0.1) is 10.9 Å². The Kier molecular flexibility index (Phi) is 10.2. The molecule has 7 aromatic carbocycles. The Labute approximate surface area is 284 Å². The van der Waals surface area contributed by atoms with Crippen molar-refractivity contribution in [2.45, 2.75) is 35.5 Å². The first-order valence-electron chi connectivity index (χ1n) is 16.4. The van der Waals surface area contributed by atoms with E-state index in [1.165, 1.54) is 53.2 Å². The Morgan fingerprint density at radius 1 is 0.277 bits per heavy atom. The Bertz CT molecular complexity index is 1680. The number of rotatable bonds is 7. The molecule has 230 valence electrons. The summed E-state index contributed by atoms with van der Waals surface area (Å²) in [5.74, 6) is 0. The van der Waals surface area contributed by atoms with E-state index in [4.69, 9.17) is 0 Å². The van der Waals surface area contributed by atoms with Crippen LogP contribution >= 0.6 is 0 Å². The average molecular weight is 625 g/mol. The van der Waals surface area contributed by atoms with Crippen LogP contribution in [0.25, 0.3) is 0 Å². The van der Waals surface area contributed by atoms with Gasteiger partial charge >= 0.3 is 0 Å². The van der Waals surface area contributed by atoms with Crippen molar-refractivity contribution >= 4 is 38.9 Å². The van der Waals surface area contributed by atoms with Crippen LogP contribution in [0.4, 0.5) is 0 Å². The second kappa shape index (κ2) is 15.0. The van der Waals surface area contributed by atoms with Crippen molar-refractivity contribution in [2.75, 3.05) is 0 Å². The highest BCUT2D eigenvalue weighted by atomic mass is 32.2. The minimum absolute atomic E-state index is 0.0394. The van der Waals surface area contributed by atoms with Gasteiger partial charge in [0.25, 0.3) is 0 Å². The van der Waals surface area contributed by atoms with Gasteiger partial charge in [-0.2, -0.15) is 21.9 Å². The molecule has 0 spiro atoms. The Hall–Kier alpha value is -5.05. The fourth-order valence-corrected chi connectivity index (χ4v) is 8.59.